The Balaban J connectivity index is 1.61. The van der Waals surface area contributed by atoms with Crippen LogP contribution in [0.25, 0.3) is 10.6 Å². The third-order valence-corrected chi connectivity index (χ3v) is 7.34. The summed E-state index contributed by atoms with van der Waals surface area (Å²) in [6.07, 6.45) is 1.12. The fraction of sp³-hybridized carbons (Fsp3) is 0.533. The molecule has 3 rings (SSSR count). The number of aliphatic hydroxyl groups excluding tert-OH is 1. The zero-order chi connectivity index (χ0) is 17.3. The lowest BCUT2D eigenvalue weighted by atomic mass is 10.1. The van der Waals surface area contributed by atoms with E-state index in [0.29, 0.717) is 19.6 Å². The van der Waals surface area contributed by atoms with Crippen molar-refractivity contribution in [1.29, 1.82) is 0 Å². The van der Waals surface area contributed by atoms with Gasteiger partial charge in [0, 0.05) is 50.7 Å². The second-order valence-corrected chi connectivity index (χ2v) is 9.71. The van der Waals surface area contributed by atoms with Crippen molar-refractivity contribution in [2.45, 2.75) is 12.6 Å². The first kappa shape index (κ1) is 17.6. The van der Waals surface area contributed by atoms with Crippen molar-refractivity contribution in [1.82, 2.24) is 19.4 Å². The predicted molar refractivity (Wildman–Crippen MR) is 94.1 cm³/mol. The maximum Gasteiger partial charge on any atom is 0.214 e. The van der Waals surface area contributed by atoms with E-state index in [2.05, 4.69) is 21.2 Å². The summed E-state index contributed by atoms with van der Waals surface area (Å²) in [4.78, 5) is 4.42. The minimum absolute atomic E-state index is 0.0124. The average Bonchev–Trinajstić information content (AvgIpc) is 3.21. The van der Waals surface area contributed by atoms with E-state index in [1.807, 2.05) is 12.1 Å². The number of hydrogen-bond donors (Lipinski definition) is 2. The molecule has 9 heteroatoms. The Kier molecular flexibility index (Phi) is 5.07. The molecule has 0 unspecified atom stereocenters. The average molecular weight is 371 g/mol. The van der Waals surface area contributed by atoms with Gasteiger partial charge in [-0.05, 0) is 18.2 Å². The van der Waals surface area contributed by atoms with Gasteiger partial charge >= 0.3 is 0 Å². The van der Waals surface area contributed by atoms with Gasteiger partial charge in [0.15, 0.2) is 0 Å². The largest absolute Gasteiger partial charge is 0.391 e. The molecule has 1 aliphatic rings. The highest BCUT2D eigenvalue weighted by molar-refractivity contribution is 7.89. The molecular formula is C15H22N4O3S2. The van der Waals surface area contributed by atoms with Crippen LogP contribution in [-0.4, -0.2) is 72.0 Å². The van der Waals surface area contributed by atoms with Gasteiger partial charge in [0.05, 0.1) is 22.4 Å². The summed E-state index contributed by atoms with van der Waals surface area (Å²) in [7, 11) is -0.248. The lowest BCUT2D eigenvalue weighted by Gasteiger charge is -2.17. The molecule has 7 nitrogen and oxygen atoms in total. The number of thiophene rings is 1. The van der Waals surface area contributed by atoms with E-state index < -0.39 is 16.1 Å². The van der Waals surface area contributed by atoms with Crippen molar-refractivity contribution in [2.24, 2.45) is 5.92 Å². The molecule has 0 bridgehead atoms. The van der Waals surface area contributed by atoms with Gasteiger partial charge in [0.2, 0.25) is 10.0 Å². The Bertz CT molecular complexity index is 771. The summed E-state index contributed by atoms with van der Waals surface area (Å²) in [5, 5.41) is 17.1. The van der Waals surface area contributed by atoms with Crippen molar-refractivity contribution >= 4 is 21.4 Å². The number of nitrogens with one attached hydrogen (secondary N) is 1. The number of hydrogen-bond acceptors (Lipinski definition) is 6. The number of aliphatic hydroxyl groups is 1. The molecule has 2 aromatic rings. The smallest absolute Gasteiger partial charge is 0.214 e. The maximum atomic E-state index is 12.0. The highest BCUT2D eigenvalue weighted by Gasteiger charge is 2.35. The Labute approximate surface area is 146 Å². The SMILES string of the molecule is CN(C)S(=O)(=O)C[C@@H]1CN(Cc2ccc(-c3ccn[nH]3)s2)C[C@H]1O. The van der Waals surface area contributed by atoms with E-state index in [4.69, 9.17) is 0 Å². The first-order valence-electron chi connectivity index (χ1n) is 7.74. The minimum Gasteiger partial charge on any atom is -0.391 e. The fourth-order valence-corrected chi connectivity index (χ4v) is 5.07. The molecule has 3 heterocycles. The molecule has 0 spiro atoms. The Hall–Kier alpha value is -1.26. The second-order valence-electron chi connectivity index (χ2n) is 6.32. The van der Waals surface area contributed by atoms with Gasteiger partial charge < -0.3 is 5.11 Å². The predicted octanol–water partition coefficient (Wildman–Crippen LogP) is 0.822. The van der Waals surface area contributed by atoms with Gasteiger partial charge in [-0.15, -0.1) is 11.3 Å². The number of sulfonamides is 1. The highest BCUT2D eigenvalue weighted by atomic mass is 32.2. The lowest BCUT2D eigenvalue weighted by molar-refractivity contribution is 0.148. The lowest BCUT2D eigenvalue weighted by Crippen LogP contribution is -2.33. The number of β-amino-alcohol motifs (C(OH)–C–C–N with tert-alkyl or cyclic N) is 1. The Morgan fingerprint density at radius 2 is 2.17 bits per heavy atom. The highest BCUT2D eigenvalue weighted by Crippen LogP contribution is 2.29. The fourth-order valence-electron chi connectivity index (χ4n) is 2.88. The zero-order valence-electron chi connectivity index (χ0n) is 13.7. The molecule has 0 amide bonds. The van der Waals surface area contributed by atoms with Crippen LogP contribution in [0.3, 0.4) is 0 Å². The number of aromatic amines is 1. The van der Waals surface area contributed by atoms with Crippen molar-refractivity contribution in [2.75, 3.05) is 32.9 Å². The normalized spacial score (nSPS) is 22.5. The van der Waals surface area contributed by atoms with Crippen LogP contribution < -0.4 is 0 Å². The molecule has 0 aromatic carbocycles. The third kappa shape index (κ3) is 3.86. The van der Waals surface area contributed by atoms with Crippen LogP contribution in [0.15, 0.2) is 24.4 Å². The minimum atomic E-state index is -3.30. The standard InChI is InChI=1S/C15H22N4O3S2/c1-18(2)24(21,22)10-11-7-19(9-14(11)20)8-12-3-4-15(23-12)13-5-6-16-17-13/h3-6,11,14,20H,7-10H2,1-2H3,(H,16,17)/t11-,14+/m0/s1. The number of nitrogens with zero attached hydrogens (tertiary/aromatic N) is 3. The van der Waals surface area contributed by atoms with Crippen LogP contribution >= 0.6 is 11.3 Å². The molecule has 24 heavy (non-hydrogen) atoms. The van der Waals surface area contributed by atoms with Gasteiger partial charge in [-0.1, -0.05) is 0 Å². The molecule has 2 atom stereocenters. The molecule has 0 saturated carbocycles. The van der Waals surface area contributed by atoms with Crippen LogP contribution in [0, 0.1) is 5.92 Å². The maximum absolute atomic E-state index is 12.0. The van der Waals surface area contributed by atoms with Gasteiger partial charge in [-0.2, -0.15) is 5.10 Å². The van der Waals surface area contributed by atoms with Crippen molar-refractivity contribution < 1.29 is 13.5 Å². The van der Waals surface area contributed by atoms with Gasteiger partial charge in [-0.25, -0.2) is 12.7 Å². The quantitative estimate of drug-likeness (QED) is 0.786. The third-order valence-electron chi connectivity index (χ3n) is 4.27. The van der Waals surface area contributed by atoms with Crippen LogP contribution in [0.2, 0.25) is 0 Å². The van der Waals surface area contributed by atoms with Crippen molar-refractivity contribution in [3.63, 3.8) is 0 Å². The number of aromatic nitrogens is 2. The van der Waals surface area contributed by atoms with Crippen molar-refractivity contribution in [3.8, 4) is 10.6 Å². The molecule has 0 aliphatic carbocycles. The molecule has 1 aliphatic heterocycles. The monoisotopic (exact) mass is 370 g/mol. The Morgan fingerprint density at radius 1 is 1.38 bits per heavy atom. The zero-order valence-corrected chi connectivity index (χ0v) is 15.3. The summed E-state index contributed by atoms with van der Waals surface area (Å²) in [5.74, 6) is -0.258. The Morgan fingerprint density at radius 3 is 2.83 bits per heavy atom. The first-order chi connectivity index (χ1) is 11.3. The van der Waals surface area contributed by atoms with Gasteiger partial charge in [0.1, 0.15) is 0 Å². The number of rotatable bonds is 6. The molecule has 1 saturated heterocycles. The molecule has 132 valence electrons. The van der Waals surface area contributed by atoms with E-state index in [1.54, 1.807) is 17.5 Å². The van der Waals surface area contributed by atoms with E-state index in [0.717, 1.165) is 10.6 Å². The van der Waals surface area contributed by atoms with E-state index in [9.17, 15) is 13.5 Å². The van der Waals surface area contributed by atoms with E-state index in [1.165, 1.54) is 23.3 Å². The number of H-pyrrole nitrogens is 1. The van der Waals surface area contributed by atoms with Crippen LogP contribution in [0.5, 0.6) is 0 Å². The molecular weight excluding hydrogens is 348 g/mol. The topological polar surface area (TPSA) is 89.5 Å². The summed E-state index contributed by atoms with van der Waals surface area (Å²) < 4.78 is 25.3. The van der Waals surface area contributed by atoms with E-state index in [-0.39, 0.29) is 11.7 Å². The van der Waals surface area contributed by atoms with Gasteiger partial charge in [-0.3, -0.25) is 10.00 Å². The molecule has 2 aromatic heterocycles. The summed E-state index contributed by atoms with van der Waals surface area (Å²) >= 11 is 1.68. The summed E-state index contributed by atoms with van der Waals surface area (Å²) in [6, 6.07) is 6.04. The van der Waals surface area contributed by atoms with Crippen LogP contribution in [0.4, 0.5) is 0 Å². The number of likely N-dealkylation sites (tertiary alicyclic amines) is 1. The van der Waals surface area contributed by atoms with E-state index >= 15 is 0 Å². The van der Waals surface area contributed by atoms with Gasteiger partial charge in [0.25, 0.3) is 0 Å². The first-order valence-corrected chi connectivity index (χ1v) is 10.2. The van der Waals surface area contributed by atoms with Crippen molar-refractivity contribution in [3.05, 3.63) is 29.3 Å². The molecule has 0 radical (unpaired) electrons. The summed E-state index contributed by atoms with van der Waals surface area (Å²) in [5.41, 5.74) is 0.989. The van der Waals surface area contributed by atoms with Crippen LogP contribution in [0.1, 0.15) is 4.88 Å². The molecule has 2 N–H and O–H groups in total. The second kappa shape index (κ2) is 6.93. The molecule has 1 fully saturated rings. The summed E-state index contributed by atoms with van der Waals surface area (Å²) in [6.45, 7) is 1.81. The van der Waals surface area contributed by atoms with Crippen LogP contribution in [-0.2, 0) is 16.6 Å².